The fraction of sp³-hybridized carbons (Fsp3) is 0.636. The van der Waals surface area contributed by atoms with Crippen LogP contribution in [0.15, 0.2) is 20.0 Å². The van der Waals surface area contributed by atoms with E-state index < -0.39 is 10.0 Å². The Balaban J connectivity index is 2.11. The van der Waals surface area contributed by atoms with E-state index in [0.29, 0.717) is 5.76 Å². The van der Waals surface area contributed by atoms with Crippen molar-refractivity contribution in [1.29, 1.82) is 0 Å². The van der Waals surface area contributed by atoms with Crippen LogP contribution in [-0.2, 0) is 16.6 Å². The van der Waals surface area contributed by atoms with Gasteiger partial charge in [-0.15, -0.1) is 0 Å². The summed E-state index contributed by atoms with van der Waals surface area (Å²) in [5.74, 6) is 0.440. The third kappa shape index (κ3) is 3.57. The monoisotopic (exact) mass is 351 g/mol. The van der Waals surface area contributed by atoms with Gasteiger partial charge in [0.15, 0.2) is 4.67 Å². The molecule has 0 spiro atoms. The van der Waals surface area contributed by atoms with E-state index in [1.165, 1.54) is 6.07 Å². The first-order valence-electron chi connectivity index (χ1n) is 6.11. The van der Waals surface area contributed by atoms with E-state index in [2.05, 4.69) is 25.6 Å². The molecule has 1 saturated heterocycles. The molecule has 2 rings (SSSR count). The third-order valence-corrected chi connectivity index (χ3v) is 5.61. The van der Waals surface area contributed by atoms with Gasteiger partial charge >= 0.3 is 0 Å². The fourth-order valence-corrected chi connectivity index (χ4v) is 4.39. The van der Waals surface area contributed by atoms with Gasteiger partial charge in [0.25, 0.3) is 0 Å². The third-order valence-electron chi connectivity index (χ3n) is 3.24. The lowest BCUT2D eigenvalue weighted by molar-refractivity contribution is 0.248. The molecule has 0 saturated carbocycles. The predicted octanol–water partition coefficient (Wildman–Crippen LogP) is 0.873. The molecule has 19 heavy (non-hydrogen) atoms. The van der Waals surface area contributed by atoms with Gasteiger partial charge in [-0.2, -0.15) is 0 Å². The molecule has 1 aliphatic heterocycles. The Morgan fingerprint density at radius 2 is 2.16 bits per heavy atom. The fourth-order valence-electron chi connectivity index (χ4n) is 2.09. The van der Waals surface area contributed by atoms with Crippen LogP contribution in [0.1, 0.15) is 18.6 Å². The number of halogens is 1. The zero-order chi connectivity index (χ0) is 14.0. The van der Waals surface area contributed by atoms with Crippen molar-refractivity contribution in [2.75, 3.05) is 20.1 Å². The van der Waals surface area contributed by atoms with Crippen molar-refractivity contribution in [2.45, 2.75) is 30.3 Å². The Hall–Kier alpha value is -0.410. The minimum Gasteiger partial charge on any atom is -0.452 e. The van der Waals surface area contributed by atoms with Gasteiger partial charge in [-0.3, -0.25) is 0 Å². The summed E-state index contributed by atoms with van der Waals surface area (Å²) in [7, 11) is -1.53. The van der Waals surface area contributed by atoms with Crippen molar-refractivity contribution in [1.82, 2.24) is 9.62 Å². The first kappa shape index (κ1) is 15.0. The molecule has 0 aromatic carbocycles. The topological polar surface area (TPSA) is 88.6 Å². The molecule has 0 atom stereocenters. The normalized spacial score (nSPS) is 18.9. The molecule has 1 aliphatic rings. The van der Waals surface area contributed by atoms with Crippen LogP contribution < -0.4 is 10.5 Å². The second kappa shape index (κ2) is 5.92. The maximum absolute atomic E-state index is 12.3. The number of likely N-dealkylation sites (tertiary alicyclic amines) is 1. The minimum atomic E-state index is -3.56. The van der Waals surface area contributed by atoms with Gasteiger partial charge in [0.1, 0.15) is 10.7 Å². The summed E-state index contributed by atoms with van der Waals surface area (Å²) in [6.45, 7) is 1.96. The van der Waals surface area contributed by atoms with Gasteiger partial charge in [0, 0.05) is 12.1 Å². The highest BCUT2D eigenvalue weighted by Gasteiger charge is 2.27. The summed E-state index contributed by atoms with van der Waals surface area (Å²) >= 11 is 3.12. The standard InChI is InChI=1S/C11H18BrN3O3S/c1-15-4-2-8(3-5-15)14-19(16,17)10-6-9(7-13)18-11(10)12/h6,8,14H,2-5,7,13H2,1H3. The van der Waals surface area contributed by atoms with Crippen LogP contribution >= 0.6 is 15.9 Å². The van der Waals surface area contributed by atoms with E-state index in [1.54, 1.807) is 0 Å². The average molecular weight is 352 g/mol. The second-order valence-corrected chi connectivity index (χ2v) is 7.16. The van der Waals surface area contributed by atoms with Crippen molar-refractivity contribution in [2.24, 2.45) is 5.73 Å². The lowest BCUT2D eigenvalue weighted by Gasteiger charge is -2.29. The van der Waals surface area contributed by atoms with Crippen LogP contribution in [0.5, 0.6) is 0 Å². The molecule has 108 valence electrons. The van der Waals surface area contributed by atoms with E-state index in [-0.39, 0.29) is 22.2 Å². The molecule has 1 aromatic rings. The number of rotatable bonds is 4. The molecule has 1 aromatic heterocycles. The van der Waals surface area contributed by atoms with Crippen molar-refractivity contribution in [3.63, 3.8) is 0 Å². The highest BCUT2D eigenvalue weighted by atomic mass is 79.9. The number of hydrogen-bond acceptors (Lipinski definition) is 5. The quantitative estimate of drug-likeness (QED) is 0.840. The Morgan fingerprint density at radius 1 is 1.53 bits per heavy atom. The summed E-state index contributed by atoms with van der Waals surface area (Å²) < 4.78 is 32.7. The summed E-state index contributed by atoms with van der Waals surface area (Å²) in [6.07, 6.45) is 1.63. The maximum atomic E-state index is 12.3. The molecule has 0 amide bonds. The zero-order valence-electron chi connectivity index (χ0n) is 10.7. The van der Waals surface area contributed by atoms with E-state index in [4.69, 9.17) is 10.2 Å². The molecule has 3 N–H and O–H groups in total. The molecule has 0 bridgehead atoms. The zero-order valence-corrected chi connectivity index (χ0v) is 13.1. The SMILES string of the molecule is CN1CCC(NS(=O)(=O)c2cc(CN)oc2Br)CC1. The molecular weight excluding hydrogens is 334 g/mol. The maximum Gasteiger partial charge on any atom is 0.245 e. The molecule has 0 aliphatic carbocycles. The molecule has 0 radical (unpaired) electrons. The molecule has 2 heterocycles. The van der Waals surface area contributed by atoms with Crippen LogP contribution in [-0.4, -0.2) is 39.5 Å². The lowest BCUT2D eigenvalue weighted by atomic mass is 10.1. The lowest BCUT2D eigenvalue weighted by Crippen LogP contribution is -2.43. The second-order valence-electron chi connectivity index (χ2n) is 4.75. The van der Waals surface area contributed by atoms with E-state index >= 15 is 0 Å². The highest BCUT2D eigenvalue weighted by molar-refractivity contribution is 9.10. The van der Waals surface area contributed by atoms with E-state index in [0.717, 1.165) is 25.9 Å². The van der Waals surface area contributed by atoms with Crippen LogP contribution in [0.3, 0.4) is 0 Å². The Morgan fingerprint density at radius 3 is 2.68 bits per heavy atom. The number of hydrogen-bond donors (Lipinski definition) is 2. The van der Waals surface area contributed by atoms with Gasteiger partial charge in [-0.1, -0.05) is 0 Å². The summed E-state index contributed by atoms with van der Waals surface area (Å²) in [5.41, 5.74) is 5.44. The van der Waals surface area contributed by atoms with E-state index in [1.807, 2.05) is 7.05 Å². The Kier molecular flexibility index (Phi) is 4.67. The minimum absolute atomic E-state index is 0.0238. The van der Waals surface area contributed by atoms with Gasteiger partial charge in [0.2, 0.25) is 10.0 Å². The number of nitrogens with one attached hydrogen (secondary N) is 1. The van der Waals surface area contributed by atoms with E-state index in [9.17, 15) is 8.42 Å². The van der Waals surface area contributed by atoms with Gasteiger partial charge in [-0.25, -0.2) is 13.1 Å². The largest absolute Gasteiger partial charge is 0.452 e. The van der Waals surface area contributed by atoms with Gasteiger partial charge in [-0.05, 0) is 48.9 Å². The summed E-state index contributed by atoms with van der Waals surface area (Å²) in [5, 5.41) is 0. The first-order valence-corrected chi connectivity index (χ1v) is 8.39. The summed E-state index contributed by atoms with van der Waals surface area (Å²) in [4.78, 5) is 2.30. The van der Waals surface area contributed by atoms with Gasteiger partial charge < -0.3 is 15.1 Å². The predicted molar refractivity (Wildman–Crippen MR) is 75.1 cm³/mol. The molecule has 8 heteroatoms. The van der Waals surface area contributed by atoms with Crippen LogP contribution in [0, 0.1) is 0 Å². The molecular formula is C11H18BrN3O3S. The number of sulfonamides is 1. The summed E-state index contributed by atoms with van der Waals surface area (Å²) in [6, 6.07) is 1.44. The smallest absolute Gasteiger partial charge is 0.245 e. The van der Waals surface area contributed by atoms with Crippen LogP contribution in [0.2, 0.25) is 0 Å². The Labute approximate surface area is 121 Å². The van der Waals surface area contributed by atoms with Crippen molar-refractivity contribution >= 4 is 26.0 Å². The van der Waals surface area contributed by atoms with Crippen LogP contribution in [0.4, 0.5) is 0 Å². The number of furan rings is 1. The average Bonchev–Trinajstić information content (AvgIpc) is 2.74. The van der Waals surface area contributed by atoms with Gasteiger partial charge in [0.05, 0.1) is 6.54 Å². The van der Waals surface area contributed by atoms with Crippen molar-refractivity contribution in [3.8, 4) is 0 Å². The Bertz CT molecular complexity index is 535. The highest BCUT2D eigenvalue weighted by Crippen LogP contribution is 2.26. The van der Waals surface area contributed by atoms with Crippen molar-refractivity contribution in [3.05, 3.63) is 16.5 Å². The number of nitrogens with zero attached hydrogens (tertiary/aromatic N) is 1. The molecule has 0 unspecified atom stereocenters. The first-order chi connectivity index (χ1) is 8.92. The number of nitrogens with two attached hydrogens (primary N) is 1. The molecule has 1 fully saturated rings. The van der Waals surface area contributed by atoms with Crippen LogP contribution in [0.25, 0.3) is 0 Å². The van der Waals surface area contributed by atoms with Crippen molar-refractivity contribution < 1.29 is 12.8 Å². The number of piperidine rings is 1. The molecule has 6 nitrogen and oxygen atoms in total.